The van der Waals surface area contributed by atoms with Crippen molar-refractivity contribution in [3.05, 3.63) is 29.8 Å². The van der Waals surface area contributed by atoms with Crippen molar-refractivity contribution in [2.75, 3.05) is 13.2 Å². The van der Waals surface area contributed by atoms with Crippen LogP contribution in [-0.2, 0) is 9.59 Å². The maximum atomic E-state index is 9.10. The lowest BCUT2D eigenvalue weighted by Crippen LogP contribution is -2.27. The van der Waals surface area contributed by atoms with Gasteiger partial charge in [-0.3, -0.25) is 0 Å². The SMILES string of the molecule is CCC(C)c1ccccc1OCCNC(C)C.O=C(O)C(=O)O. The van der Waals surface area contributed by atoms with Crippen LogP contribution in [0.25, 0.3) is 0 Å². The summed E-state index contributed by atoms with van der Waals surface area (Å²) in [6.07, 6.45) is 1.14. The predicted molar refractivity (Wildman–Crippen MR) is 89.1 cm³/mol. The number of carboxylic acids is 2. The molecule has 1 atom stereocenters. The summed E-state index contributed by atoms with van der Waals surface area (Å²) in [5, 5.41) is 18.1. The maximum absolute atomic E-state index is 9.10. The van der Waals surface area contributed by atoms with Crippen molar-refractivity contribution in [2.45, 2.75) is 46.1 Å². The highest BCUT2D eigenvalue weighted by molar-refractivity contribution is 6.27. The first-order valence-electron chi connectivity index (χ1n) is 7.70. The quantitative estimate of drug-likeness (QED) is 0.527. The summed E-state index contributed by atoms with van der Waals surface area (Å²) in [6.45, 7) is 10.4. The summed E-state index contributed by atoms with van der Waals surface area (Å²) in [4.78, 5) is 18.2. The molecule has 1 aromatic rings. The number of ether oxygens (including phenoxy) is 1. The Kier molecular flexibility index (Phi) is 10.4. The summed E-state index contributed by atoms with van der Waals surface area (Å²) in [5.41, 5.74) is 1.32. The number of para-hydroxylation sites is 1. The van der Waals surface area contributed by atoms with Crippen molar-refractivity contribution in [3.8, 4) is 5.75 Å². The molecule has 6 nitrogen and oxygen atoms in total. The number of carbonyl (C=O) groups is 2. The van der Waals surface area contributed by atoms with Gasteiger partial charge in [0, 0.05) is 12.6 Å². The molecule has 0 radical (unpaired) electrons. The molecule has 0 heterocycles. The number of rotatable bonds is 7. The van der Waals surface area contributed by atoms with Crippen molar-refractivity contribution in [1.82, 2.24) is 5.32 Å². The third-order valence-corrected chi connectivity index (χ3v) is 3.16. The second-order valence-corrected chi connectivity index (χ2v) is 5.41. The van der Waals surface area contributed by atoms with Crippen molar-refractivity contribution in [1.29, 1.82) is 0 Å². The molecular weight excluding hydrogens is 298 g/mol. The molecule has 0 aromatic heterocycles. The molecule has 1 aromatic carbocycles. The van der Waals surface area contributed by atoms with E-state index >= 15 is 0 Å². The Morgan fingerprint density at radius 2 is 1.70 bits per heavy atom. The number of hydrogen-bond acceptors (Lipinski definition) is 4. The monoisotopic (exact) mass is 325 g/mol. The van der Waals surface area contributed by atoms with E-state index in [1.54, 1.807) is 0 Å². The summed E-state index contributed by atoms with van der Waals surface area (Å²) >= 11 is 0. The molecule has 0 aliphatic heterocycles. The molecule has 6 heteroatoms. The maximum Gasteiger partial charge on any atom is 0.414 e. The second-order valence-electron chi connectivity index (χ2n) is 5.41. The van der Waals surface area contributed by atoms with E-state index in [0.29, 0.717) is 12.0 Å². The Balaban J connectivity index is 0.000000688. The third-order valence-electron chi connectivity index (χ3n) is 3.16. The highest BCUT2D eigenvalue weighted by Crippen LogP contribution is 2.28. The minimum absolute atomic E-state index is 0.517. The highest BCUT2D eigenvalue weighted by atomic mass is 16.5. The molecule has 1 rings (SSSR count). The van der Waals surface area contributed by atoms with Gasteiger partial charge in [0.15, 0.2) is 0 Å². The smallest absolute Gasteiger partial charge is 0.414 e. The summed E-state index contributed by atoms with van der Waals surface area (Å²) in [5.74, 6) is -2.05. The fourth-order valence-corrected chi connectivity index (χ4v) is 1.75. The number of carboxylic acid groups (broad SMARTS) is 2. The molecule has 23 heavy (non-hydrogen) atoms. The van der Waals surface area contributed by atoms with E-state index in [4.69, 9.17) is 24.5 Å². The molecule has 0 amide bonds. The lowest BCUT2D eigenvalue weighted by Gasteiger charge is -2.16. The molecule has 1 unspecified atom stereocenters. The number of nitrogens with one attached hydrogen (secondary N) is 1. The van der Waals surface area contributed by atoms with E-state index in [1.165, 1.54) is 5.56 Å². The Labute approximate surface area is 137 Å². The molecule has 0 aliphatic carbocycles. The van der Waals surface area contributed by atoms with Gasteiger partial charge in [0.2, 0.25) is 0 Å². The van der Waals surface area contributed by atoms with Crippen LogP contribution in [0.3, 0.4) is 0 Å². The average molecular weight is 325 g/mol. The average Bonchev–Trinajstić information content (AvgIpc) is 2.51. The highest BCUT2D eigenvalue weighted by Gasteiger charge is 2.09. The van der Waals surface area contributed by atoms with Gasteiger partial charge >= 0.3 is 11.9 Å². The fourth-order valence-electron chi connectivity index (χ4n) is 1.75. The first-order chi connectivity index (χ1) is 10.8. The van der Waals surface area contributed by atoms with Gasteiger partial charge < -0.3 is 20.3 Å². The van der Waals surface area contributed by atoms with Gasteiger partial charge in [-0.05, 0) is 24.0 Å². The zero-order valence-electron chi connectivity index (χ0n) is 14.2. The van der Waals surface area contributed by atoms with Gasteiger partial charge in [0.05, 0.1) is 0 Å². The van der Waals surface area contributed by atoms with E-state index in [9.17, 15) is 0 Å². The van der Waals surface area contributed by atoms with Crippen molar-refractivity contribution in [2.24, 2.45) is 0 Å². The summed E-state index contributed by atoms with van der Waals surface area (Å²) < 4.78 is 5.85. The van der Waals surface area contributed by atoms with Gasteiger partial charge in [0.25, 0.3) is 0 Å². The molecule has 0 spiro atoms. The minimum Gasteiger partial charge on any atom is -0.492 e. The fraction of sp³-hybridized carbons (Fsp3) is 0.529. The van der Waals surface area contributed by atoms with E-state index < -0.39 is 11.9 Å². The van der Waals surface area contributed by atoms with Crippen LogP contribution in [0.2, 0.25) is 0 Å². The summed E-state index contributed by atoms with van der Waals surface area (Å²) in [6, 6.07) is 8.87. The van der Waals surface area contributed by atoms with E-state index in [0.717, 1.165) is 25.3 Å². The second kappa shape index (κ2) is 11.5. The van der Waals surface area contributed by atoms with Gasteiger partial charge in [-0.25, -0.2) is 9.59 Å². The molecule has 0 fully saturated rings. The van der Waals surface area contributed by atoms with Crippen LogP contribution < -0.4 is 10.1 Å². The van der Waals surface area contributed by atoms with Gasteiger partial charge in [0.1, 0.15) is 12.4 Å². The molecule has 0 saturated heterocycles. The summed E-state index contributed by atoms with van der Waals surface area (Å²) in [7, 11) is 0. The van der Waals surface area contributed by atoms with Crippen LogP contribution in [0.4, 0.5) is 0 Å². The van der Waals surface area contributed by atoms with Crippen LogP contribution in [0, 0.1) is 0 Å². The Bertz CT molecular complexity index is 476. The third kappa shape index (κ3) is 9.52. The Morgan fingerprint density at radius 1 is 1.13 bits per heavy atom. The number of hydrogen-bond donors (Lipinski definition) is 3. The molecule has 0 bridgehead atoms. The Morgan fingerprint density at radius 3 is 2.17 bits per heavy atom. The van der Waals surface area contributed by atoms with Crippen molar-refractivity contribution in [3.63, 3.8) is 0 Å². The topological polar surface area (TPSA) is 95.9 Å². The van der Waals surface area contributed by atoms with Crippen LogP contribution in [0.1, 0.15) is 45.6 Å². The molecular formula is C17H27NO5. The molecule has 0 saturated carbocycles. The zero-order chi connectivity index (χ0) is 17.8. The van der Waals surface area contributed by atoms with Crippen LogP contribution in [0.5, 0.6) is 5.75 Å². The van der Waals surface area contributed by atoms with E-state index in [2.05, 4.69) is 51.2 Å². The lowest BCUT2D eigenvalue weighted by molar-refractivity contribution is -0.159. The van der Waals surface area contributed by atoms with Crippen LogP contribution in [0.15, 0.2) is 24.3 Å². The van der Waals surface area contributed by atoms with Crippen LogP contribution in [-0.4, -0.2) is 41.3 Å². The van der Waals surface area contributed by atoms with Crippen molar-refractivity contribution >= 4 is 11.9 Å². The standard InChI is InChI=1S/C15H25NO.C2H2O4/c1-5-13(4)14-8-6-7-9-15(14)17-11-10-16-12(2)3;3-1(4)2(5)6/h6-9,12-13,16H,5,10-11H2,1-4H3;(H,3,4)(H,5,6). The van der Waals surface area contributed by atoms with Crippen molar-refractivity contribution < 1.29 is 24.5 Å². The van der Waals surface area contributed by atoms with E-state index in [1.807, 2.05) is 6.07 Å². The van der Waals surface area contributed by atoms with E-state index in [-0.39, 0.29) is 0 Å². The number of benzene rings is 1. The molecule has 3 N–H and O–H groups in total. The first kappa shape index (κ1) is 20.9. The number of aliphatic carboxylic acids is 2. The normalized spacial score (nSPS) is 11.3. The van der Waals surface area contributed by atoms with Gasteiger partial charge in [-0.15, -0.1) is 0 Å². The largest absolute Gasteiger partial charge is 0.492 e. The van der Waals surface area contributed by atoms with Crippen LogP contribution >= 0.6 is 0 Å². The minimum atomic E-state index is -1.82. The van der Waals surface area contributed by atoms with Gasteiger partial charge in [-0.2, -0.15) is 0 Å². The zero-order valence-corrected chi connectivity index (χ0v) is 14.2. The predicted octanol–water partition coefficient (Wildman–Crippen LogP) is 2.73. The first-order valence-corrected chi connectivity index (χ1v) is 7.70. The molecule has 130 valence electrons. The van der Waals surface area contributed by atoms with Gasteiger partial charge in [-0.1, -0.05) is 45.9 Å². The lowest BCUT2D eigenvalue weighted by atomic mass is 9.98. The Hall–Kier alpha value is -2.08. The molecule has 0 aliphatic rings.